The third kappa shape index (κ3) is 5.81. The van der Waals surface area contributed by atoms with Gasteiger partial charge in [0.1, 0.15) is 0 Å². The van der Waals surface area contributed by atoms with Gasteiger partial charge in [0.25, 0.3) is 5.69 Å². The van der Waals surface area contributed by atoms with Crippen LogP contribution in [0.25, 0.3) is 0 Å². The van der Waals surface area contributed by atoms with Gasteiger partial charge in [0.05, 0.1) is 4.92 Å². The lowest BCUT2D eigenvalue weighted by atomic mass is 10.1. The normalized spacial score (nSPS) is 15.7. The molecule has 12 heteroatoms. The number of nitro groups is 1. The molecule has 9 nitrogen and oxygen atoms in total. The second kappa shape index (κ2) is 8.87. The molecule has 1 saturated heterocycles. The molecule has 0 radical (unpaired) electrons. The van der Waals surface area contributed by atoms with E-state index in [1.54, 1.807) is 7.05 Å². The molecule has 0 atom stereocenters. The molecular weight excluding hydrogens is 385 g/mol. The highest BCUT2D eigenvalue weighted by Gasteiger charge is 2.43. The number of alkyl halides is 3. The van der Waals surface area contributed by atoms with Crippen molar-refractivity contribution in [3.63, 3.8) is 0 Å². The Kier molecular flexibility index (Phi) is 6.78. The highest BCUT2D eigenvalue weighted by Crippen LogP contribution is 2.21. The SMILES string of the molecule is CN(C(=O)NCc1ccc([N+](=O)[O-])cc1)C1CCN(OC(=O)C(F)(F)F)CC1. The molecule has 1 aromatic rings. The van der Waals surface area contributed by atoms with Crippen LogP contribution in [0.15, 0.2) is 24.3 Å². The van der Waals surface area contributed by atoms with Gasteiger partial charge >= 0.3 is 18.2 Å². The topological polar surface area (TPSA) is 105 Å². The van der Waals surface area contributed by atoms with Gasteiger partial charge in [-0.05, 0) is 18.4 Å². The van der Waals surface area contributed by atoms with E-state index >= 15 is 0 Å². The molecule has 1 aliphatic rings. The van der Waals surface area contributed by atoms with E-state index in [4.69, 9.17) is 0 Å². The van der Waals surface area contributed by atoms with Crippen molar-refractivity contribution in [3.8, 4) is 0 Å². The van der Waals surface area contributed by atoms with E-state index in [0.717, 1.165) is 5.06 Å². The van der Waals surface area contributed by atoms with E-state index in [0.29, 0.717) is 18.4 Å². The van der Waals surface area contributed by atoms with Crippen LogP contribution >= 0.6 is 0 Å². The Morgan fingerprint density at radius 2 is 1.86 bits per heavy atom. The highest BCUT2D eigenvalue weighted by molar-refractivity contribution is 5.75. The molecule has 1 fully saturated rings. The number of nitro benzene ring substituents is 1. The molecule has 0 bridgehead atoms. The monoisotopic (exact) mass is 404 g/mol. The van der Waals surface area contributed by atoms with Crippen LogP contribution < -0.4 is 5.32 Å². The number of carbonyl (C=O) groups excluding carboxylic acids is 2. The Hall–Kier alpha value is -2.89. The van der Waals surface area contributed by atoms with Crippen molar-refractivity contribution in [2.24, 2.45) is 0 Å². The van der Waals surface area contributed by atoms with Crippen LogP contribution in [0.4, 0.5) is 23.7 Å². The molecule has 1 aromatic carbocycles. The summed E-state index contributed by atoms with van der Waals surface area (Å²) < 4.78 is 36.6. The Labute approximate surface area is 158 Å². The number of piperidine rings is 1. The van der Waals surface area contributed by atoms with Crippen LogP contribution in [0.3, 0.4) is 0 Å². The third-order valence-corrected chi connectivity index (χ3v) is 4.33. The number of carbonyl (C=O) groups is 2. The number of hydroxylamine groups is 2. The van der Waals surface area contributed by atoms with Crippen LogP contribution in [0.5, 0.6) is 0 Å². The fraction of sp³-hybridized carbons (Fsp3) is 0.500. The van der Waals surface area contributed by atoms with Crippen LogP contribution in [-0.4, -0.2) is 59.2 Å². The summed E-state index contributed by atoms with van der Waals surface area (Å²) in [5, 5.41) is 14.2. The van der Waals surface area contributed by atoms with E-state index in [2.05, 4.69) is 10.2 Å². The minimum Gasteiger partial charge on any atom is -0.361 e. The van der Waals surface area contributed by atoms with Crippen molar-refractivity contribution in [2.75, 3.05) is 20.1 Å². The van der Waals surface area contributed by atoms with Crippen molar-refractivity contribution in [1.29, 1.82) is 0 Å². The van der Waals surface area contributed by atoms with Gasteiger partial charge in [0, 0.05) is 44.9 Å². The lowest BCUT2D eigenvalue weighted by molar-refractivity contribution is -0.384. The number of urea groups is 1. The molecule has 0 spiro atoms. The Balaban J connectivity index is 1.78. The summed E-state index contributed by atoms with van der Waals surface area (Å²) in [6.45, 7) is 0.322. The summed E-state index contributed by atoms with van der Waals surface area (Å²) in [6, 6.07) is 5.13. The van der Waals surface area contributed by atoms with E-state index in [1.807, 2.05) is 0 Å². The van der Waals surface area contributed by atoms with E-state index in [9.17, 15) is 32.9 Å². The number of rotatable bonds is 5. The van der Waals surface area contributed by atoms with Crippen molar-refractivity contribution in [3.05, 3.63) is 39.9 Å². The minimum absolute atomic E-state index is 0.0508. The summed E-state index contributed by atoms with van der Waals surface area (Å²) in [4.78, 5) is 38.9. The molecular formula is C16H19F3N4O5. The van der Waals surface area contributed by atoms with Crippen LogP contribution in [-0.2, 0) is 16.2 Å². The Morgan fingerprint density at radius 3 is 2.36 bits per heavy atom. The predicted molar refractivity (Wildman–Crippen MR) is 89.8 cm³/mol. The zero-order valence-electron chi connectivity index (χ0n) is 14.9. The maximum absolute atomic E-state index is 12.2. The first-order chi connectivity index (χ1) is 13.1. The fourth-order valence-electron chi connectivity index (χ4n) is 2.69. The van der Waals surface area contributed by atoms with Crippen molar-refractivity contribution in [2.45, 2.75) is 31.6 Å². The van der Waals surface area contributed by atoms with Crippen LogP contribution in [0.1, 0.15) is 18.4 Å². The second-order valence-corrected chi connectivity index (χ2v) is 6.23. The second-order valence-electron chi connectivity index (χ2n) is 6.23. The molecule has 1 heterocycles. The molecule has 1 N–H and O–H groups in total. The van der Waals surface area contributed by atoms with Gasteiger partial charge in [-0.1, -0.05) is 12.1 Å². The fourth-order valence-corrected chi connectivity index (χ4v) is 2.69. The van der Waals surface area contributed by atoms with Gasteiger partial charge in [-0.2, -0.15) is 13.2 Å². The number of hydrogen-bond acceptors (Lipinski definition) is 6. The van der Waals surface area contributed by atoms with Crippen molar-refractivity contribution in [1.82, 2.24) is 15.3 Å². The first-order valence-corrected chi connectivity index (χ1v) is 8.36. The summed E-state index contributed by atoms with van der Waals surface area (Å²) in [7, 11) is 1.56. The number of halogens is 3. The maximum Gasteiger partial charge on any atom is 0.492 e. The number of non-ortho nitro benzene ring substituents is 1. The first-order valence-electron chi connectivity index (χ1n) is 8.36. The molecule has 154 valence electrons. The maximum atomic E-state index is 12.2. The summed E-state index contributed by atoms with van der Waals surface area (Å²) in [6.07, 6.45) is -4.37. The van der Waals surface area contributed by atoms with E-state index in [1.165, 1.54) is 29.2 Å². The van der Waals surface area contributed by atoms with Gasteiger partial charge < -0.3 is 15.1 Å². The summed E-state index contributed by atoms with van der Waals surface area (Å²) in [5.74, 6) is -2.26. The molecule has 2 rings (SSSR count). The molecule has 0 saturated carbocycles. The molecule has 0 aliphatic carbocycles. The smallest absolute Gasteiger partial charge is 0.361 e. The minimum atomic E-state index is -5.05. The number of nitrogens with one attached hydrogen (secondary N) is 1. The molecule has 28 heavy (non-hydrogen) atoms. The lowest BCUT2D eigenvalue weighted by Crippen LogP contribution is -2.49. The zero-order chi connectivity index (χ0) is 20.9. The predicted octanol–water partition coefficient (Wildman–Crippen LogP) is 2.22. The molecule has 0 aromatic heterocycles. The Morgan fingerprint density at radius 1 is 1.29 bits per heavy atom. The average Bonchev–Trinajstić information content (AvgIpc) is 2.65. The van der Waals surface area contributed by atoms with Gasteiger partial charge in [-0.25, -0.2) is 9.59 Å². The quantitative estimate of drug-likeness (QED) is 0.596. The zero-order valence-corrected chi connectivity index (χ0v) is 14.9. The Bertz CT molecular complexity index is 718. The van der Waals surface area contributed by atoms with Crippen molar-refractivity contribution >= 4 is 17.7 Å². The molecule has 0 unspecified atom stereocenters. The standard InChI is InChI=1S/C16H19F3N4O5/c1-21(12-6-8-22(9-7-12)28-14(24)16(17,18)19)15(25)20-10-11-2-4-13(5-3-11)23(26)27/h2-5,12H,6-10H2,1H3,(H,20,25). The number of hydrogen-bond donors (Lipinski definition) is 1. The van der Waals surface area contributed by atoms with Gasteiger partial charge in [-0.3, -0.25) is 10.1 Å². The van der Waals surface area contributed by atoms with Crippen molar-refractivity contribution < 1.29 is 32.5 Å². The van der Waals surface area contributed by atoms with Gasteiger partial charge in [0.2, 0.25) is 0 Å². The first kappa shape index (κ1) is 21.4. The largest absolute Gasteiger partial charge is 0.492 e. The van der Waals surface area contributed by atoms with E-state index in [-0.39, 0.29) is 37.4 Å². The van der Waals surface area contributed by atoms with Gasteiger partial charge in [-0.15, -0.1) is 5.06 Å². The van der Waals surface area contributed by atoms with Crippen LogP contribution in [0.2, 0.25) is 0 Å². The summed E-state index contributed by atoms with van der Waals surface area (Å²) >= 11 is 0. The summed E-state index contributed by atoms with van der Waals surface area (Å²) in [5.41, 5.74) is 0.631. The third-order valence-electron chi connectivity index (χ3n) is 4.33. The highest BCUT2D eigenvalue weighted by atomic mass is 19.4. The molecule has 2 amide bonds. The molecule has 1 aliphatic heterocycles. The number of benzene rings is 1. The van der Waals surface area contributed by atoms with Crippen LogP contribution in [0, 0.1) is 10.1 Å². The lowest BCUT2D eigenvalue weighted by Gasteiger charge is -2.35. The number of nitrogens with zero attached hydrogens (tertiary/aromatic N) is 3. The average molecular weight is 404 g/mol. The van der Waals surface area contributed by atoms with Gasteiger partial charge in [0.15, 0.2) is 0 Å². The van der Waals surface area contributed by atoms with E-state index < -0.39 is 17.1 Å². The number of amides is 2.